The average molecular weight is 211 g/mol. The van der Waals surface area contributed by atoms with Gasteiger partial charge >= 0.3 is 0 Å². The Bertz CT molecular complexity index is 510. The van der Waals surface area contributed by atoms with Gasteiger partial charge < -0.3 is 5.32 Å². The molecule has 1 aliphatic carbocycles. The van der Waals surface area contributed by atoms with E-state index in [2.05, 4.69) is 22.4 Å². The number of aromatic nitrogens is 1. The summed E-state index contributed by atoms with van der Waals surface area (Å²) in [7, 11) is 0. The summed E-state index contributed by atoms with van der Waals surface area (Å²) >= 11 is 0. The van der Waals surface area contributed by atoms with Crippen LogP contribution in [0.1, 0.15) is 23.2 Å². The maximum Gasteiger partial charge on any atom is 0.101 e. The van der Waals surface area contributed by atoms with Crippen LogP contribution < -0.4 is 5.32 Å². The van der Waals surface area contributed by atoms with Gasteiger partial charge in [0.15, 0.2) is 0 Å². The second-order valence-corrected chi connectivity index (χ2v) is 4.54. The maximum absolute atomic E-state index is 8.98. The molecule has 2 aliphatic rings. The molecule has 16 heavy (non-hydrogen) atoms. The van der Waals surface area contributed by atoms with E-state index in [9.17, 15) is 0 Å². The second kappa shape index (κ2) is 3.43. The first-order valence-corrected chi connectivity index (χ1v) is 5.59. The molecule has 0 aromatic carbocycles. The number of hydrogen-bond donors (Lipinski definition) is 1. The molecule has 1 aromatic rings. The number of nitrogens with one attached hydrogen (secondary N) is 1. The van der Waals surface area contributed by atoms with Gasteiger partial charge in [0.05, 0.1) is 11.3 Å². The van der Waals surface area contributed by atoms with Crippen LogP contribution in [0.3, 0.4) is 0 Å². The monoisotopic (exact) mass is 211 g/mol. The zero-order chi connectivity index (χ0) is 11.1. The molecular weight excluding hydrogens is 198 g/mol. The van der Waals surface area contributed by atoms with Gasteiger partial charge in [0.25, 0.3) is 0 Å². The molecule has 1 N–H and O–H groups in total. The molecule has 0 saturated carbocycles. The van der Waals surface area contributed by atoms with E-state index in [0.29, 0.717) is 17.5 Å². The standard InChI is InChI=1S/C13H13N3/c1-8-10(5-14)3-11(6-15-8)9-2-12-7-16-13(12)4-9/h2-3,6,12-13,16H,4,7H2,1H3/t12-,13-/m0/s1. The Kier molecular flexibility index (Phi) is 2.05. The van der Waals surface area contributed by atoms with Crippen LogP contribution in [0, 0.1) is 24.2 Å². The summed E-state index contributed by atoms with van der Waals surface area (Å²) in [6, 6.07) is 4.78. The number of aryl methyl sites for hydroxylation is 1. The minimum absolute atomic E-state index is 0.627. The second-order valence-electron chi connectivity index (χ2n) is 4.54. The van der Waals surface area contributed by atoms with Crippen LogP contribution in [0.25, 0.3) is 5.57 Å². The Hall–Kier alpha value is -1.66. The molecule has 0 unspecified atom stereocenters. The smallest absolute Gasteiger partial charge is 0.101 e. The van der Waals surface area contributed by atoms with Crippen molar-refractivity contribution < 1.29 is 0 Å². The summed E-state index contributed by atoms with van der Waals surface area (Å²) in [6.07, 6.45) is 5.28. The first-order chi connectivity index (χ1) is 7.78. The molecule has 1 aliphatic heterocycles. The molecule has 3 heteroatoms. The lowest BCUT2D eigenvalue weighted by Crippen LogP contribution is -2.49. The van der Waals surface area contributed by atoms with E-state index >= 15 is 0 Å². The molecule has 80 valence electrons. The Morgan fingerprint density at radius 2 is 2.44 bits per heavy atom. The fraction of sp³-hybridized carbons (Fsp3) is 0.385. The fourth-order valence-electron chi connectivity index (χ4n) is 2.42. The van der Waals surface area contributed by atoms with Crippen molar-refractivity contribution in [3.63, 3.8) is 0 Å². The summed E-state index contributed by atoms with van der Waals surface area (Å²) in [5.74, 6) is 0.696. The molecule has 3 nitrogen and oxygen atoms in total. The van der Waals surface area contributed by atoms with Gasteiger partial charge in [0.1, 0.15) is 6.07 Å². The minimum Gasteiger partial charge on any atom is -0.312 e. The van der Waals surface area contributed by atoms with Crippen molar-refractivity contribution in [2.45, 2.75) is 19.4 Å². The number of rotatable bonds is 1. The minimum atomic E-state index is 0.627. The van der Waals surface area contributed by atoms with Crippen molar-refractivity contribution in [1.82, 2.24) is 10.3 Å². The lowest BCUT2D eigenvalue weighted by Gasteiger charge is -2.31. The van der Waals surface area contributed by atoms with Crippen LogP contribution >= 0.6 is 0 Å². The molecule has 1 saturated heterocycles. The average Bonchev–Trinajstić information content (AvgIpc) is 2.56. The number of hydrogen-bond acceptors (Lipinski definition) is 3. The molecular formula is C13H13N3. The van der Waals surface area contributed by atoms with Gasteiger partial charge in [-0.15, -0.1) is 0 Å². The molecule has 2 atom stereocenters. The molecule has 0 radical (unpaired) electrons. The van der Waals surface area contributed by atoms with Crippen LogP contribution in [-0.2, 0) is 0 Å². The largest absolute Gasteiger partial charge is 0.312 e. The van der Waals surface area contributed by atoms with E-state index in [1.54, 1.807) is 0 Å². The number of pyridine rings is 1. The molecule has 2 heterocycles. The van der Waals surface area contributed by atoms with Crippen LogP contribution in [0.15, 0.2) is 18.3 Å². The Balaban J connectivity index is 1.96. The van der Waals surface area contributed by atoms with Gasteiger partial charge in [-0.2, -0.15) is 5.26 Å². The summed E-state index contributed by atoms with van der Waals surface area (Å²) in [5, 5.41) is 12.4. The summed E-state index contributed by atoms with van der Waals surface area (Å²) < 4.78 is 0. The van der Waals surface area contributed by atoms with Crippen molar-refractivity contribution in [3.8, 4) is 6.07 Å². The van der Waals surface area contributed by atoms with E-state index in [-0.39, 0.29) is 0 Å². The zero-order valence-corrected chi connectivity index (χ0v) is 9.20. The Labute approximate surface area is 94.8 Å². The lowest BCUT2D eigenvalue weighted by molar-refractivity contribution is 0.306. The number of nitrogens with zero attached hydrogens (tertiary/aromatic N) is 2. The molecule has 1 aromatic heterocycles. The summed E-state index contributed by atoms with van der Waals surface area (Å²) in [6.45, 7) is 2.97. The van der Waals surface area contributed by atoms with Crippen molar-refractivity contribution in [3.05, 3.63) is 35.2 Å². The molecule has 1 fully saturated rings. The van der Waals surface area contributed by atoms with E-state index in [4.69, 9.17) is 5.26 Å². The maximum atomic E-state index is 8.98. The SMILES string of the molecule is Cc1ncc(C2=C[C@H]3CN[C@H]3C2)cc1C#N. The summed E-state index contributed by atoms with van der Waals surface area (Å²) in [5.41, 5.74) is 3.94. The molecule has 3 rings (SSSR count). The van der Waals surface area contributed by atoms with Gasteiger partial charge in [0.2, 0.25) is 0 Å². The van der Waals surface area contributed by atoms with Gasteiger partial charge in [-0.25, -0.2) is 0 Å². The van der Waals surface area contributed by atoms with Gasteiger partial charge in [-0.05, 0) is 30.5 Å². The van der Waals surface area contributed by atoms with Crippen molar-refractivity contribution in [2.75, 3.05) is 6.54 Å². The van der Waals surface area contributed by atoms with Gasteiger partial charge in [-0.3, -0.25) is 4.98 Å². The zero-order valence-electron chi connectivity index (χ0n) is 9.20. The highest BCUT2D eigenvalue weighted by Gasteiger charge is 2.34. The fourth-order valence-corrected chi connectivity index (χ4v) is 2.42. The third-order valence-corrected chi connectivity index (χ3v) is 3.57. The van der Waals surface area contributed by atoms with Crippen LogP contribution in [-0.4, -0.2) is 17.6 Å². The lowest BCUT2D eigenvalue weighted by atomic mass is 9.95. The van der Waals surface area contributed by atoms with Crippen LogP contribution in [0.5, 0.6) is 0 Å². The van der Waals surface area contributed by atoms with Crippen molar-refractivity contribution in [2.24, 2.45) is 5.92 Å². The van der Waals surface area contributed by atoms with Crippen LogP contribution in [0.2, 0.25) is 0 Å². The van der Waals surface area contributed by atoms with Crippen molar-refractivity contribution >= 4 is 5.57 Å². The molecule has 0 spiro atoms. The normalized spacial score (nSPS) is 26.6. The van der Waals surface area contributed by atoms with E-state index in [1.807, 2.05) is 19.2 Å². The third-order valence-electron chi connectivity index (χ3n) is 3.57. The predicted molar refractivity (Wildman–Crippen MR) is 61.6 cm³/mol. The highest BCUT2D eigenvalue weighted by Crippen LogP contribution is 2.35. The first kappa shape index (κ1) is 9.56. The topological polar surface area (TPSA) is 48.7 Å². The van der Waals surface area contributed by atoms with E-state index in [0.717, 1.165) is 24.2 Å². The molecule has 0 bridgehead atoms. The van der Waals surface area contributed by atoms with Crippen molar-refractivity contribution in [1.29, 1.82) is 5.26 Å². The predicted octanol–water partition coefficient (Wildman–Crippen LogP) is 1.64. The third kappa shape index (κ3) is 1.35. The molecule has 0 amide bonds. The van der Waals surface area contributed by atoms with Gasteiger partial charge in [0, 0.05) is 24.7 Å². The quantitative estimate of drug-likeness (QED) is 0.768. The highest BCUT2D eigenvalue weighted by molar-refractivity contribution is 5.70. The van der Waals surface area contributed by atoms with Gasteiger partial charge in [-0.1, -0.05) is 6.08 Å². The van der Waals surface area contributed by atoms with E-state index < -0.39 is 0 Å². The number of fused-ring (bicyclic) bond motifs is 1. The van der Waals surface area contributed by atoms with E-state index in [1.165, 1.54) is 5.57 Å². The number of nitriles is 1. The summed E-state index contributed by atoms with van der Waals surface area (Å²) in [4.78, 5) is 4.28. The Morgan fingerprint density at radius 3 is 3.00 bits per heavy atom. The highest BCUT2D eigenvalue weighted by atomic mass is 15.0. The first-order valence-electron chi connectivity index (χ1n) is 5.59. The Morgan fingerprint density at radius 1 is 1.56 bits per heavy atom. The van der Waals surface area contributed by atoms with Crippen LogP contribution in [0.4, 0.5) is 0 Å².